The number of carbonyl (C=O) groups is 1. The van der Waals surface area contributed by atoms with Crippen LogP contribution in [0.2, 0.25) is 0 Å². The number of nitrogens with zero attached hydrogens (tertiary/aromatic N) is 4. The summed E-state index contributed by atoms with van der Waals surface area (Å²) in [5.41, 5.74) is 2.46. The topological polar surface area (TPSA) is 104 Å². The minimum atomic E-state index is -0.507. The third kappa shape index (κ3) is 8.00. The average Bonchev–Trinajstić information content (AvgIpc) is 3.50. The molecule has 0 radical (unpaired) electrons. The number of fused-ring (bicyclic) bond motifs is 1. The Morgan fingerprint density at radius 1 is 1.25 bits per heavy atom. The van der Waals surface area contributed by atoms with Gasteiger partial charge in [0.05, 0.1) is 13.7 Å². The molecule has 0 aliphatic heterocycles. The van der Waals surface area contributed by atoms with Gasteiger partial charge in [0.1, 0.15) is 23.4 Å². The van der Waals surface area contributed by atoms with Crippen LogP contribution in [0.4, 0.5) is 5.69 Å². The second-order valence-corrected chi connectivity index (χ2v) is 9.93. The van der Waals surface area contributed by atoms with E-state index in [1.54, 1.807) is 19.3 Å². The van der Waals surface area contributed by atoms with E-state index >= 15 is 0 Å². The first-order valence-corrected chi connectivity index (χ1v) is 13.4. The van der Waals surface area contributed by atoms with Gasteiger partial charge in [-0.1, -0.05) is 27.0 Å². The van der Waals surface area contributed by atoms with E-state index in [0.29, 0.717) is 17.4 Å². The zero-order valence-corrected chi connectivity index (χ0v) is 24.7. The van der Waals surface area contributed by atoms with E-state index in [1.807, 2.05) is 25.1 Å². The van der Waals surface area contributed by atoms with Crippen LogP contribution in [0, 0.1) is 37.4 Å². The molecule has 0 amide bonds. The molecule has 40 heavy (non-hydrogen) atoms. The summed E-state index contributed by atoms with van der Waals surface area (Å²) in [7, 11) is 1.63. The Kier molecular flexibility index (Phi) is 13.0. The van der Waals surface area contributed by atoms with E-state index in [9.17, 15) is 4.79 Å². The molecule has 2 aromatic heterocycles. The Morgan fingerprint density at radius 3 is 2.40 bits per heavy atom. The van der Waals surface area contributed by atoms with E-state index in [0.717, 1.165) is 42.8 Å². The maximum absolute atomic E-state index is 13.2. The summed E-state index contributed by atoms with van der Waals surface area (Å²) in [6.45, 7) is 24.4. The molecule has 3 aromatic rings. The average molecular weight is 591 g/mol. The number of carbonyl (C=O) groups excluding carboxylic acids is 1. The molecule has 217 valence electrons. The molecule has 1 N–H and O–H groups in total. The zero-order valence-electron chi connectivity index (χ0n) is 23.7. The first-order valence-electron chi connectivity index (χ1n) is 13.0. The minimum absolute atomic E-state index is 0.116. The van der Waals surface area contributed by atoms with E-state index in [1.165, 1.54) is 4.52 Å². The molecule has 1 fully saturated rings. The number of hydrogen-bond donors (Lipinski definition) is 1. The summed E-state index contributed by atoms with van der Waals surface area (Å²) in [5.74, 6) is 2.03. The van der Waals surface area contributed by atoms with Crippen molar-refractivity contribution < 1.29 is 33.8 Å². The molecular formula is C30H37CoN5O4-2. The standard InChI is InChI=1S/C24H27N4O3.C6H10N.Co.O/c1-13-9-15(3)21(16(4)10-13)31-24(29)20-18(25-5)12-28-23(20)26-22(27-28)17-7-8-19(30-6)14(2)11-17;1-3-5-7-6-4-2;;/h7-8,11,13,15-16,21H,9-10H2,1-4,6H3,(H,26,27);3-4H,1-2,5-6H2;;/q2*-1;;. The quantitative estimate of drug-likeness (QED) is 0.134. The van der Waals surface area contributed by atoms with E-state index in [2.05, 4.69) is 76.0 Å². The van der Waals surface area contributed by atoms with Gasteiger partial charge in [-0.15, -0.1) is 38.4 Å². The van der Waals surface area contributed by atoms with Gasteiger partial charge in [0.25, 0.3) is 5.97 Å². The molecule has 2 unspecified atom stereocenters. The number of rotatable bonds is 8. The molecule has 0 spiro atoms. The van der Waals surface area contributed by atoms with E-state index in [4.69, 9.17) is 19.9 Å². The molecule has 1 aromatic carbocycles. The maximum atomic E-state index is 13.2. The summed E-state index contributed by atoms with van der Waals surface area (Å²) >= 11 is 2.31. The third-order valence-electron chi connectivity index (χ3n) is 6.74. The van der Waals surface area contributed by atoms with Crippen molar-refractivity contribution in [2.45, 2.75) is 46.6 Å². The first kappa shape index (κ1) is 32.7. The van der Waals surface area contributed by atoms with E-state index < -0.39 is 5.97 Å². The fraction of sp³-hybridized carbons (Fsp3) is 0.433. The van der Waals surface area contributed by atoms with E-state index in [-0.39, 0.29) is 29.2 Å². The van der Waals surface area contributed by atoms with Crippen molar-refractivity contribution in [3.8, 4) is 17.1 Å². The number of esters is 1. The number of aryl methyl sites for hydroxylation is 1. The third-order valence-corrected chi connectivity index (χ3v) is 6.74. The Bertz CT molecular complexity index is 1320. The molecule has 1 aliphatic rings. The second kappa shape index (κ2) is 15.9. The normalized spacial score (nSPS) is 19.7. The zero-order chi connectivity index (χ0) is 29.8. The van der Waals surface area contributed by atoms with Gasteiger partial charge in [-0.25, -0.2) is 0 Å². The summed E-state index contributed by atoms with van der Waals surface area (Å²) in [4.78, 5) is 21.2. The SMILES string of the molecule is C=CC[N-]CC=C.[C-]#[N+]c1[c-]n2[nH]c(-c3ccc(OC)c(C)c3)nc2c1C(=O)OC1C(C)CC(C)CC1C.[O]=[Co]. The van der Waals surface area contributed by atoms with Crippen LogP contribution >= 0.6 is 0 Å². The number of ether oxygens (including phenoxy) is 2. The summed E-state index contributed by atoms with van der Waals surface area (Å²) in [6.07, 6.45) is 8.33. The monoisotopic (exact) mass is 590 g/mol. The summed E-state index contributed by atoms with van der Waals surface area (Å²) in [5, 5.41) is 7.08. The number of aromatic amines is 1. The number of aromatic nitrogens is 3. The number of benzene rings is 1. The molecule has 9 nitrogen and oxygen atoms in total. The second-order valence-electron chi connectivity index (χ2n) is 9.93. The van der Waals surface area contributed by atoms with Gasteiger partial charge in [-0.05, 0) is 72.5 Å². The van der Waals surface area contributed by atoms with Crippen LogP contribution in [0.5, 0.6) is 5.75 Å². The van der Waals surface area contributed by atoms with Crippen molar-refractivity contribution in [1.29, 1.82) is 0 Å². The molecule has 2 atom stereocenters. The Morgan fingerprint density at radius 2 is 1.88 bits per heavy atom. The first-order chi connectivity index (χ1) is 19.2. The van der Waals surface area contributed by atoms with Gasteiger partial charge >= 0.3 is 19.5 Å². The number of methoxy groups -OCH3 is 1. The van der Waals surface area contributed by atoms with Crippen molar-refractivity contribution in [3.63, 3.8) is 0 Å². The molecule has 1 saturated carbocycles. The Hall–Kier alpha value is -3.52. The molecule has 4 rings (SSSR count). The van der Waals surface area contributed by atoms with Gasteiger partial charge in [-0.2, -0.15) is 0 Å². The van der Waals surface area contributed by atoms with Gasteiger partial charge in [0.15, 0.2) is 0 Å². The van der Waals surface area contributed by atoms with Crippen molar-refractivity contribution >= 4 is 17.3 Å². The van der Waals surface area contributed by atoms with Crippen molar-refractivity contribution in [2.75, 3.05) is 20.2 Å². The molecule has 10 heteroatoms. The van der Waals surface area contributed by atoms with Crippen LogP contribution in [-0.4, -0.2) is 46.9 Å². The van der Waals surface area contributed by atoms with Crippen LogP contribution in [0.1, 0.15) is 49.5 Å². The number of hydrogen-bond acceptors (Lipinski definition) is 5. The Balaban J connectivity index is 0.000000545. The predicted octanol–water partition coefficient (Wildman–Crippen LogP) is 6.84. The fourth-order valence-electron chi connectivity index (χ4n) is 5.15. The Labute approximate surface area is 244 Å². The predicted molar refractivity (Wildman–Crippen MR) is 151 cm³/mol. The van der Waals surface area contributed by atoms with Crippen LogP contribution in [-0.2, 0) is 24.3 Å². The summed E-state index contributed by atoms with van der Waals surface area (Å²) < 4.78 is 20.7. The number of H-pyrrole nitrogens is 1. The van der Waals surface area contributed by atoms with Gasteiger partial charge in [0, 0.05) is 5.56 Å². The molecule has 1 aliphatic carbocycles. The van der Waals surface area contributed by atoms with Crippen molar-refractivity contribution in [3.05, 3.63) is 77.6 Å². The van der Waals surface area contributed by atoms with Gasteiger partial charge < -0.3 is 24.4 Å². The number of nitrogens with one attached hydrogen (secondary N) is 1. The molecule has 0 bridgehead atoms. The van der Waals surface area contributed by atoms with Crippen LogP contribution < -0.4 is 4.74 Å². The molecular weight excluding hydrogens is 553 g/mol. The van der Waals surface area contributed by atoms with Crippen LogP contribution in [0.15, 0.2) is 43.5 Å². The fourth-order valence-corrected chi connectivity index (χ4v) is 5.15. The van der Waals surface area contributed by atoms with Crippen molar-refractivity contribution in [2.24, 2.45) is 17.8 Å². The van der Waals surface area contributed by atoms with Crippen molar-refractivity contribution in [1.82, 2.24) is 14.6 Å². The van der Waals surface area contributed by atoms with Gasteiger partial charge in [-0.3, -0.25) is 14.6 Å². The molecule has 2 heterocycles. The van der Waals surface area contributed by atoms with Gasteiger partial charge in [0.2, 0.25) is 0 Å². The summed E-state index contributed by atoms with van der Waals surface area (Å²) in [6, 6.07) is 5.72. The van der Waals surface area contributed by atoms with Crippen LogP contribution in [0.3, 0.4) is 0 Å². The molecule has 0 saturated heterocycles. The van der Waals surface area contributed by atoms with Crippen LogP contribution in [0.25, 0.3) is 27.2 Å².